The van der Waals surface area contributed by atoms with Gasteiger partial charge < -0.3 is 9.57 Å². The van der Waals surface area contributed by atoms with Crippen LogP contribution in [0, 0.1) is 0 Å². The van der Waals surface area contributed by atoms with Gasteiger partial charge in [-0.05, 0) is 25.8 Å². The highest BCUT2D eigenvalue weighted by Gasteiger charge is 2.48. The van der Waals surface area contributed by atoms with Crippen LogP contribution in [-0.4, -0.2) is 43.3 Å². The first kappa shape index (κ1) is 9.40. The third kappa shape index (κ3) is 1.48. The summed E-state index contributed by atoms with van der Waals surface area (Å²) in [4.78, 5) is 7.29. The maximum Gasteiger partial charge on any atom is 0.0864 e. The molecule has 13 heavy (non-hydrogen) atoms. The molecule has 0 aromatic rings. The molecular formula is C9H18N2O2. The van der Waals surface area contributed by atoms with Crippen molar-refractivity contribution < 1.29 is 9.57 Å². The van der Waals surface area contributed by atoms with Crippen molar-refractivity contribution in [3.05, 3.63) is 0 Å². The minimum absolute atomic E-state index is 0.190. The Balaban J connectivity index is 2.05. The van der Waals surface area contributed by atoms with Gasteiger partial charge in [0, 0.05) is 19.2 Å². The smallest absolute Gasteiger partial charge is 0.0864 e. The van der Waals surface area contributed by atoms with Crippen LogP contribution in [0.2, 0.25) is 0 Å². The summed E-state index contributed by atoms with van der Waals surface area (Å²) in [6.07, 6.45) is 3.90. The Morgan fingerprint density at radius 2 is 2.46 bits per heavy atom. The second-order valence-electron chi connectivity index (χ2n) is 4.15. The fourth-order valence-electron chi connectivity index (χ4n) is 2.78. The molecule has 0 radical (unpaired) electrons. The van der Waals surface area contributed by atoms with E-state index in [0.717, 1.165) is 13.0 Å². The molecule has 0 bridgehead atoms. The van der Waals surface area contributed by atoms with E-state index in [4.69, 9.17) is 15.5 Å². The molecule has 4 heteroatoms. The standard InChI is InChI=1S/C9H18N2O2/c1-12-8-5-9(7-13-10)3-2-4-11(9)6-8/h8H,2-7,10H2,1H3/t8-,9-/m1/s1. The second kappa shape index (κ2) is 3.53. The molecule has 2 atom stereocenters. The summed E-state index contributed by atoms with van der Waals surface area (Å²) < 4.78 is 5.38. The zero-order valence-electron chi connectivity index (χ0n) is 8.16. The molecule has 0 amide bonds. The third-order valence-electron chi connectivity index (χ3n) is 3.46. The number of methoxy groups -OCH3 is 1. The number of rotatable bonds is 3. The van der Waals surface area contributed by atoms with Gasteiger partial charge in [-0.2, -0.15) is 0 Å². The van der Waals surface area contributed by atoms with Gasteiger partial charge in [0.25, 0.3) is 0 Å². The molecule has 2 N–H and O–H groups in total. The predicted molar refractivity (Wildman–Crippen MR) is 49.1 cm³/mol. The molecule has 2 fully saturated rings. The van der Waals surface area contributed by atoms with Crippen LogP contribution in [0.3, 0.4) is 0 Å². The van der Waals surface area contributed by atoms with Gasteiger partial charge in [0.1, 0.15) is 0 Å². The van der Waals surface area contributed by atoms with E-state index < -0.39 is 0 Å². The van der Waals surface area contributed by atoms with Gasteiger partial charge in [-0.3, -0.25) is 4.90 Å². The van der Waals surface area contributed by atoms with Gasteiger partial charge in [-0.1, -0.05) is 0 Å². The molecule has 0 spiro atoms. The lowest BCUT2D eigenvalue weighted by atomic mass is 9.94. The number of hydrogen-bond acceptors (Lipinski definition) is 4. The number of nitrogens with zero attached hydrogens (tertiary/aromatic N) is 1. The van der Waals surface area contributed by atoms with Crippen LogP contribution in [0.15, 0.2) is 0 Å². The molecule has 2 rings (SSSR count). The topological polar surface area (TPSA) is 47.7 Å². The summed E-state index contributed by atoms with van der Waals surface area (Å²) in [5.41, 5.74) is 0.190. The average molecular weight is 186 g/mol. The first-order chi connectivity index (χ1) is 6.30. The van der Waals surface area contributed by atoms with Crippen LogP contribution in [0.25, 0.3) is 0 Å². The van der Waals surface area contributed by atoms with Gasteiger partial charge in [0.15, 0.2) is 0 Å². The zero-order valence-corrected chi connectivity index (χ0v) is 8.16. The molecule has 4 nitrogen and oxygen atoms in total. The van der Waals surface area contributed by atoms with Crippen LogP contribution < -0.4 is 5.90 Å². The molecule has 2 saturated heterocycles. The van der Waals surface area contributed by atoms with Crippen molar-refractivity contribution in [2.75, 3.05) is 26.8 Å². The summed E-state index contributed by atoms with van der Waals surface area (Å²) in [5.74, 6) is 5.18. The lowest BCUT2D eigenvalue weighted by Crippen LogP contribution is -2.43. The highest BCUT2D eigenvalue weighted by Crippen LogP contribution is 2.39. The van der Waals surface area contributed by atoms with E-state index in [0.29, 0.717) is 12.7 Å². The van der Waals surface area contributed by atoms with Crippen LogP contribution in [0.1, 0.15) is 19.3 Å². The van der Waals surface area contributed by atoms with Crippen LogP contribution >= 0.6 is 0 Å². The molecular weight excluding hydrogens is 168 g/mol. The molecule has 2 heterocycles. The molecule has 0 aromatic heterocycles. The molecule has 2 aliphatic rings. The van der Waals surface area contributed by atoms with Crippen molar-refractivity contribution in [2.24, 2.45) is 5.90 Å². The highest BCUT2D eigenvalue weighted by molar-refractivity contribution is 5.03. The van der Waals surface area contributed by atoms with E-state index in [2.05, 4.69) is 4.90 Å². The minimum Gasteiger partial charge on any atom is -0.380 e. The largest absolute Gasteiger partial charge is 0.380 e. The summed E-state index contributed by atoms with van der Waals surface area (Å²) in [5, 5.41) is 0. The first-order valence-electron chi connectivity index (χ1n) is 4.90. The monoisotopic (exact) mass is 186 g/mol. The maximum absolute atomic E-state index is 5.38. The summed E-state index contributed by atoms with van der Waals surface area (Å²) in [6.45, 7) is 2.86. The van der Waals surface area contributed by atoms with E-state index in [1.54, 1.807) is 7.11 Å². The van der Waals surface area contributed by atoms with Crippen molar-refractivity contribution in [3.63, 3.8) is 0 Å². The molecule has 0 aliphatic carbocycles. The zero-order chi connectivity index (χ0) is 9.31. The van der Waals surface area contributed by atoms with Gasteiger partial charge in [0.05, 0.1) is 12.7 Å². The normalized spacial score (nSPS) is 39.7. The summed E-state index contributed by atoms with van der Waals surface area (Å²) in [7, 11) is 1.78. The predicted octanol–water partition coefficient (Wildman–Crippen LogP) is 0.130. The summed E-state index contributed by atoms with van der Waals surface area (Å²) >= 11 is 0. The van der Waals surface area contributed by atoms with Crippen LogP contribution in [-0.2, 0) is 9.57 Å². The molecule has 0 aromatic carbocycles. The van der Waals surface area contributed by atoms with E-state index in [9.17, 15) is 0 Å². The fourth-order valence-corrected chi connectivity index (χ4v) is 2.78. The van der Waals surface area contributed by atoms with Crippen molar-refractivity contribution >= 4 is 0 Å². The Morgan fingerprint density at radius 3 is 3.15 bits per heavy atom. The quantitative estimate of drug-likeness (QED) is 0.636. The highest BCUT2D eigenvalue weighted by atomic mass is 16.6. The molecule has 76 valence electrons. The average Bonchev–Trinajstić information content (AvgIpc) is 2.60. The van der Waals surface area contributed by atoms with Crippen molar-refractivity contribution in [2.45, 2.75) is 30.9 Å². The Morgan fingerprint density at radius 1 is 1.62 bits per heavy atom. The first-order valence-corrected chi connectivity index (χ1v) is 4.90. The summed E-state index contributed by atoms with van der Waals surface area (Å²) in [6, 6.07) is 0. The van der Waals surface area contributed by atoms with Crippen LogP contribution in [0.4, 0.5) is 0 Å². The molecule has 2 aliphatic heterocycles. The SMILES string of the molecule is CO[C@H]1CN2CCC[C@]2(CON)C1. The number of nitrogens with two attached hydrogens (primary N) is 1. The molecule has 0 saturated carbocycles. The Bertz CT molecular complexity index is 188. The third-order valence-corrected chi connectivity index (χ3v) is 3.46. The van der Waals surface area contributed by atoms with Crippen molar-refractivity contribution in [3.8, 4) is 0 Å². The number of fused-ring (bicyclic) bond motifs is 1. The lowest BCUT2D eigenvalue weighted by Gasteiger charge is -2.30. The minimum atomic E-state index is 0.190. The van der Waals surface area contributed by atoms with Gasteiger partial charge in [-0.25, -0.2) is 5.90 Å². The fraction of sp³-hybridized carbons (Fsp3) is 1.00. The van der Waals surface area contributed by atoms with Gasteiger partial charge >= 0.3 is 0 Å². The van der Waals surface area contributed by atoms with Crippen molar-refractivity contribution in [1.29, 1.82) is 0 Å². The Hall–Kier alpha value is -0.160. The van der Waals surface area contributed by atoms with E-state index in [1.807, 2.05) is 0 Å². The maximum atomic E-state index is 5.38. The van der Waals surface area contributed by atoms with E-state index in [-0.39, 0.29) is 5.54 Å². The second-order valence-corrected chi connectivity index (χ2v) is 4.15. The Kier molecular flexibility index (Phi) is 2.55. The van der Waals surface area contributed by atoms with Gasteiger partial charge in [-0.15, -0.1) is 0 Å². The van der Waals surface area contributed by atoms with Gasteiger partial charge in [0.2, 0.25) is 0 Å². The Labute approximate surface area is 78.9 Å². The molecule has 0 unspecified atom stereocenters. The van der Waals surface area contributed by atoms with E-state index >= 15 is 0 Å². The van der Waals surface area contributed by atoms with Crippen molar-refractivity contribution in [1.82, 2.24) is 4.90 Å². The number of ether oxygens (including phenoxy) is 1. The van der Waals surface area contributed by atoms with Crippen LogP contribution in [0.5, 0.6) is 0 Å². The van der Waals surface area contributed by atoms with E-state index in [1.165, 1.54) is 19.4 Å². The number of hydrogen-bond donors (Lipinski definition) is 1. The lowest BCUT2D eigenvalue weighted by molar-refractivity contribution is 0.0335.